The SMILES string of the molecule is Fc1ccc(NCCC2CCCCC2)c(Br)c1. The molecule has 0 unspecified atom stereocenters. The highest BCUT2D eigenvalue weighted by Gasteiger charge is 2.12. The lowest BCUT2D eigenvalue weighted by molar-refractivity contribution is 0.345. The van der Waals surface area contributed by atoms with Crippen LogP contribution in [0.4, 0.5) is 10.1 Å². The molecule has 0 atom stereocenters. The van der Waals surface area contributed by atoms with E-state index in [4.69, 9.17) is 0 Å². The lowest BCUT2D eigenvalue weighted by Gasteiger charge is -2.21. The summed E-state index contributed by atoms with van der Waals surface area (Å²) in [7, 11) is 0. The molecule has 2 rings (SSSR count). The molecular weight excluding hydrogens is 281 g/mol. The van der Waals surface area contributed by atoms with Gasteiger partial charge in [0, 0.05) is 16.7 Å². The number of halogens is 2. The molecule has 94 valence electrons. The summed E-state index contributed by atoms with van der Waals surface area (Å²) < 4.78 is 13.7. The predicted molar refractivity (Wildman–Crippen MR) is 73.8 cm³/mol. The summed E-state index contributed by atoms with van der Waals surface area (Å²) in [5, 5.41) is 3.37. The molecule has 17 heavy (non-hydrogen) atoms. The molecular formula is C14H19BrFN. The number of hydrogen-bond donors (Lipinski definition) is 1. The summed E-state index contributed by atoms with van der Waals surface area (Å²) in [6.07, 6.45) is 8.19. The van der Waals surface area contributed by atoms with E-state index < -0.39 is 0 Å². The van der Waals surface area contributed by atoms with E-state index in [9.17, 15) is 4.39 Å². The van der Waals surface area contributed by atoms with E-state index in [-0.39, 0.29) is 5.82 Å². The number of anilines is 1. The summed E-state index contributed by atoms with van der Waals surface area (Å²) in [4.78, 5) is 0. The van der Waals surface area contributed by atoms with Crippen LogP contribution >= 0.6 is 15.9 Å². The van der Waals surface area contributed by atoms with Gasteiger partial charge in [0.25, 0.3) is 0 Å². The van der Waals surface area contributed by atoms with Crippen LogP contribution in [0.1, 0.15) is 38.5 Å². The van der Waals surface area contributed by atoms with Crippen molar-refractivity contribution in [1.82, 2.24) is 0 Å². The van der Waals surface area contributed by atoms with Crippen LogP contribution in [0.3, 0.4) is 0 Å². The van der Waals surface area contributed by atoms with Crippen molar-refractivity contribution in [1.29, 1.82) is 0 Å². The zero-order valence-electron chi connectivity index (χ0n) is 10.0. The normalized spacial score (nSPS) is 17.1. The van der Waals surface area contributed by atoms with Gasteiger partial charge in [-0.2, -0.15) is 0 Å². The maximum absolute atomic E-state index is 12.9. The maximum atomic E-state index is 12.9. The van der Waals surface area contributed by atoms with Gasteiger partial charge in [-0.25, -0.2) is 4.39 Å². The fourth-order valence-corrected chi connectivity index (χ4v) is 3.01. The van der Waals surface area contributed by atoms with Crippen molar-refractivity contribution in [3.8, 4) is 0 Å². The second-order valence-electron chi connectivity index (χ2n) is 4.84. The first-order valence-electron chi connectivity index (χ1n) is 6.44. The van der Waals surface area contributed by atoms with Crippen molar-refractivity contribution in [2.24, 2.45) is 5.92 Å². The van der Waals surface area contributed by atoms with Crippen LogP contribution in [0.15, 0.2) is 22.7 Å². The van der Waals surface area contributed by atoms with E-state index >= 15 is 0 Å². The highest BCUT2D eigenvalue weighted by molar-refractivity contribution is 9.10. The molecule has 1 aliphatic rings. The molecule has 1 saturated carbocycles. The monoisotopic (exact) mass is 299 g/mol. The molecule has 1 fully saturated rings. The van der Waals surface area contributed by atoms with Crippen molar-refractivity contribution in [3.63, 3.8) is 0 Å². The second-order valence-corrected chi connectivity index (χ2v) is 5.70. The Hall–Kier alpha value is -0.570. The zero-order chi connectivity index (χ0) is 12.1. The van der Waals surface area contributed by atoms with Crippen molar-refractivity contribution in [3.05, 3.63) is 28.5 Å². The van der Waals surface area contributed by atoms with Gasteiger partial charge in [-0.15, -0.1) is 0 Å². The molecule has 1 nitrogen and oxygen atoms in total. The Morgan fingerprint density at radius 3 is 2.71 bits per heavy atom. The molecule has 3 heteroatoms. The van der Waals surface area contributed by atoms with Gasteiger partial charge in [0.15, 0.2) is 0 Å². The van der Waals surface area contributed by atoms with Crippen molar-refractivity contribution in [2.75, 3.05) is 11.9 Å². The fraction of sp³-hybridized carbons (Fsp3) is 0.571. The van der Waals surface area contributed by atoms with Gasteiger partial charge in [-0.3, -0.25) is 0 Å². The van der Waals surface area contributed by atoms with Crippen molar-refractivity contribution in [2.45, 2.75) is 38.5 Å². The van der Waals surface area contributed by atoms with Gasteiger partial charge in [0.1, 0.15) is 5.82 Å². The molecule has 1 aromatic carbocycles. The zero-order valence-corrected chi connectivity index (χ0v) is 11.6. The third-order valence-corrected chi connectivity index (χ3v) is 4.18. The van der Waals surface area contributed by atoms with Gasteiger partial charge in [-0.05, 0) is 46.5 Å². The van der Waals surface area contributed by atoms with Crippen LogP contribution in [-0.4, -0.2) is 6.54 Å². The van der Waals surface area contributed by atoms with E-state index in [0.29, 0.717) is 0 Å². The molecule has 0 heterocycles. The van der Waals surface area contributed by atoms with Gasteiger partial charge < -0.3 is 5.32 Å². The second kappa shape index (κ2) is 6.39. The first kappa shape index (κ1) is 12.9. The summed E-state index contributed by atoms with van der Waals surface area (Å²) in [5.74, 6) is 0.685. The Balaban J connectivity index is 1.77. The minimum atomic E-state index is -0.199. The number of hydrogen-bond acceptors (Lipinski definition) is 1. The molecule has 1 N–H and O–H groups in total. The van der Waals surface area contributed by atoms with E-state index in [1.165, 1.54) is 50.7 Å². The van der Waals surface area contributed by atoms with Crippen LogP contribution in [0.5, 0.6) is 0 Å². The first-order valence-corrected chi connectivity index (χ1v) is 7.24. The molecule has 1 aromatic rings. The van der Waals surface area contributed by atoms with Crippen LogP contribution in [-0.2, 0) is 0 Å². The van der Waals surface area contributed by atoms with E-state index in [0.717, 1.165) is 22.6 Å². The summed E-state index contributed by atoms with van der Waals surface area (Å²) in [6, 6.07) is 4.79. The average molecular weight is 300 g/mol. The Morgan fingerprint density at radius 2 is 2.00 bits per heavy atom. The maximum Gasteiger partial charge on any atom is 0.124 e. The molecule has 0 saturated heterocycles. The van der Waals surface area contributed by atoms with Crippen molar-refractivity contribution < 1.29 is 4.39 Å². The summed E-state index contributed by atoms with van der Waals surface area (Å²) in [6.45, 7) is 0.981. The predicted octanol–water partition coefficient (Wildman–Crippen LogP) is 4.97. The average Bonchev–Trinajstić information content (AvgIpc) is 2.33. The number of rotatable bonds is 4. The Kier molecular flexibility index (Phi) is 4.84. The van der Waals surface area contributed by atoms with Crippen LogP contribution in [0.2, 0.25) is 0 Å². The lowest BCUT2D eigenvalue weighted by Crippen LogP contribution is -2.12. The van der Waals surface area contributed by atoms with Crippen LogP contribution in [0.25, 0.3) is 0 Å². The molecule has 0 aliphatic heterocycles. The minimum absolute atomic E-state index is 0.199. The third kappa shape index (κ3) is 3.98. The quantitative estimate of drug-likeness (QED) is 0.827. The van der Waals surface area contributed by atoms with Gasteiger partial charge in [-0.1, -0.05) is 32.1 Å². The highest BCUT2D eigenvalue weighted by Crippen LogP contribution is 2.27. The Labute approximate surface area is 111 Å². The van der Waals surface area contributed by atoms with Crippen LogP contribution < -0.4 is 5.32 Å². The molecule has 0 aromatic heterocycles. The smallest absolute Gasteiger partial charge is 0.124 e. The molecule has 0 amide bonds. The van der Waals surface area contributed by atoms with Gasteiger partial charge in [0.05, 0.1) is 0 Å². The molecule has 1 aliphatic carbocycles. The number of benzene rings is 1. The summed E-state index contributed by atoms with van der Waals surface area (Å²) in [5.41, 5.74) is 0.988. The van der Waals surface area contributed by atoms with E-state index in [1.54, 1.807) is 6.07 Å². The molecule has 0 radical (unpaired) electrons. The van der Waals surface area contributed by atoms with E-state index in [1.807, 2.05) is 0 Å². The highest BCUT2D eigenvalue weighted by atomic mass is 79.9. The summed E-state index contributed by atoms with van der Waals surface area (Å²) >= 11 is 3.37. The largest absolute Gasteiger partial charge is 0.384 e. The van der Waals surface area contributed by atoms with E-state index in [2.05, 4.69) is 21.2 Å². The van der Waals surface area contributed by atoms with Crippen LogP contribution in [0, 0.1) is 11.7 Å². The standard InChI is InChI=1S/C14H19BrFN/c15-13-10-12(16)6-7-14(13)17-9-8-11-4-2-1-3-5-11/h6-7,10-11,17H,1-5,8-9H2. The fourth-order valence-electron chi connectivity index (χ4n) is 2.52. The third-order valence-electron chi connectivity index (χ3n) is 3.52. The minimum Gasteiger partial charge on any atom is -0.384 e. The lowest BCUT2D eigenvalue weighted by atomic mass is 9.87. The first-order chi connectivity index (χ1) is 8.25. The Morgan fingerprint density at radius 1 is 1.24 bits per heavy atom. The topological polar surface area (TPSA) is 12.0 Å². The van der Waals surface area contributed by atoms with Crippen molar-refractivity contribution >= 4 is 21.6 Å². The number of nitrogens with one attached hydrogen (secondary N) is 1. The van der Waals surface area contributed by atoms with Gasteiger partial charge >= 0.3 is 0 Å². The van der Waals surface area contributed by atoms with Gasteiger partial charge in [0.2, 0.25) is 0 Å². The molecule has 0 bridgehead atoms. The molecule has 0 spiro atoms. The Bertz CT molecular complexity index is 361.